The standard InChI is InChI=1S/C44H80N2O12/c1-14-32-44(10,52)37(48)26(4)34(45-23-30-18-16-15-17-19-30)24(2)21-42(8,51)39(58-41-35(47)31(46(11)12)20-25(3)54-41)27(5)36(28(6)40(50)56-32)57-33-22-43(9,53-13)38(49)29(7)55-33/h15-16,24-39,41,45,47-49,51-52H,14,17-23H2,1-13H3/t24-,25?,26+,27+,28-,29?,30?,31?,32-,33?,34+,35?,36+,37-,38?,39-,41?,42-,43?,44-/m1/s1. The van der Waals surface area contributed by atoms with Crippen LogP contribution in [-0.4, -0.2) is 154 Å². The lowest BCUT2D eigenvalue weighted by Gasteiger charge is -2.50. The number of carbonyl (C=O) groups is 1. The second kappa shape index (κ2) is 20.3. The molecule has 20 atom stereocenters. The van der Waals surface area contributed by atoms with Gasteiger partial charge in [-0.25, -0.2) is 0 Å². The molecule has 0 aromatic rings. The molecule has 6 N–H and O–H groups in total. The van der Waals surface area contributed by atoms with E-state index in [0.29, 0.717) is 18.9 Å². The lowest BCUT2D eigenvalue weighted by atomic mass is 9.72. The summed E-state index contributed by atoms with van der Waals surface area (Å²) in [5.74, 6) is -2.89. The predicted molar refractivity (Wildman–Crippen MR) is 220 cm³/mol. The summed E-state index contributed by atoms with van der Waals surface area (Å²) in [7, 11) is 5.30. The molecule has 3 fully saturated rings. The van der Waals surface area contributed by atoms with Crippen LogP contribution in [0.25, 0.3) is 0 Å². The van der Waals surface area contributed by atoms with Crippen molar-refractivity contribution in [1.82, 2.24) is 10.2 Å². The van der Waals surface area contributed by atoms with Crippen molar-refractivity contribution in [2.45, 2.75) is 204 Å². The maximum Gasteiger partial charge on any atom is 0.311 e. The molecule has 14 heteroatoms. The van der Waals surface area contributed by atoms with Gasteiger partial charge in [0.15, 0.2) is 12.6 Å². The molecule has 9 unspecified atom stereocenters. The number of ether oxygens (including phenoxy) is 6. The minimum Gasteiger partial charge on any atom is -0.459 e. The van der Waals surface area contributed by atoms with Gasteiger partial charge in [-0.2, -0.15) is 0 Å². The van der Waals surface area contributed by atoms with E-state index in [2.05, 4.69) is 17.5 Å². The van der Waals surface area contributed by atoms with Crippen LogP contribution >= 0.6 is 0 Å². The number of likely N-dealkylation sites (N-methyl/N-ethyl adjacent to an activating group) is 1. The van der Waals surface area contributed by atoms with Gasteiger partial charge in [0, 0.05) is 37.5 Å². The van der Waals surface area contributed by atoms with Gasteiger partial charge in [0.05, 0.1) is 47.6 Å². The maximum atomic E-state index is 14.4. The topological polar surface area (TPSA) is 189 Å². The van der Waals surface area contributed by atoms with Crippen LogP contribution < -0.4 is 5.32 Å². The first-order chi connectivity index (χ1) is 27.0. The Bertz CT molecular complexity index is 1330. The zero-order chi connectivity index (χ0) is 43.5. The van der Waals surface area contributed by atoms with E-state index in [1.54, 1.807) is 34.6 Å². The monoisotopic (exact) mass is 829 g/mol. The second-order valence-corrected chi connectivity index (χ2v) is 19.3. The molecule has 0 amide bonds. The first-order valence-corrected chi connectivity index (χ1v) is 21.9. The van der Waals surface area contributed by atoms with E-state index in [1.165, 1.54) is 14.0 Å². The van der Waals surface area contributed by atoms with Gasteiger partial charge in [-0.15, -0.1) is 0 Å². The highest BCUT2D eigenvalue weighted by Crippen LogP contribution is 2.41. The summed E-state index contributed by atoms with van der Waals surface area (Å²) in [6, 6.07) is -0.672. The number of aliphatic hydroxyl groups excluding tert-OH is 3. The summed E-state index contributed by atoms with van der Waals surface area (Å²) in [6.07, 6.45) is -1.06. The van der Waals surface area contributed by atoms with Gasteiger partial charge < -0.3 is 64.2 Å². The SMILES string of the molecule is CC[C@H]1OC(=O)[C@H](C)[C@@H](OC2CC(C)(OC)C(O)C(C)O2)[C@H](C)[C@@H](OC2OC(C)CC(N(C)C)C2O)[C@](C)(O)C[C@@H](C)[C@H](NCC2CC=CCC2)[C@H](C)[C@@H](O)[C@]1(C)O. The van der Waals surface area contributed by atoms with Crippen molar-refractivity contribution >= 4 is 5.97 Å². The third-order valence-electron chi connectivity index (χ3n) is 14.1. The molecule has 0 bridgehead atoms. The number of cyclic esters (lactones) is 1. The van der Waals surface area contributed by atoms with E-state index in [1.807, 2.05) is 46.7 Å². The lowest BCUT2D eigenvalue weighted by Crippen LogP contribution is -2.62. The summed E-state index contributed by atoms with van der Waals surface area (Å²) < 4.78 is 38.0. The first kappa shape index (κ1) is 49.4. The van der Waals surface area contributed by atoms with E-state index in [0.717, 1.165) is 19.3 Å². The Balaban J connectivity index is 1.84. The second-order valence-electron chi connectivity index (χ2n) is 19.3. The summed E-state index contributed by atoms with van der Waals surface area (Å²) in [5, 5.41) is 63.5. The number of nitrogens with zero attached hydrogens (tertiary/aromatic N) is 1. The smallest absolute Gasteiger partial charge is 0.311 e. The van der Waals surface area contributed by atoms with Crippen molar-refractivity contribution in [1.29, 1.82) is 0 Å². The number of rotatable bonds is 10. The third-order valence-corrected chi connectivity index (χ3v) is 14.1. The van der Waals surface area contributed by atoms with Crippen molar-refractivity contribution in [3.8, 4) is 0 Å². The average Bonchev–Trinajstić information content (AvgIpc) is 3.16. The maximum absolute atomic E-state index is 14.4. The van der Waals surface area contributed by atoms with Crippen LogP contribution in [0.15, 0.2) is 12.2 Å². The number of hydrogen-bond acceptors (Lipinski definition) is 14. The zero-order valence-electron chi connectivity index (χ0n) is 37.7. The number of carbonyl (C=O) groups excluding carboxylic acids is 1. The molecule has 3 aliphatic heterocycles. The Kier molecular flexibility index (Phi) is 17.3. The summed E-state index contributed by atoms with van der Waals surface area (Å²) in [6.45, 7) is 18.5. The first-order valence-electron chi connectivity index (χ1n) is 21.9. The predicted octanol–water partition coefficient (Wildman–Crippen LogP) is 3.53. The molecule has 0 spiro atoms. The minimum atomic E-state index is -1.83. The van der Waals surface area contributed by atoms with Crippen molar-refractivity contribution in [3.63, 3.8) is 0 Å². The summed E-state index contributed by atoms with van der Waals surface area (Å²) in [5.41, 5.74) is -4.49. The van der Waals surface area contributed by atoms with Gasteiger partial charge in [-0.3, -0.25) is 4.79 Å². The van der Waals surface area contributed by atoms with Crippen LogP contribution in [0.5, 0.6) is 0 Å². The molecular formula is C44H80N2O12. The molecule has 0 aromatic carbocycles. The Hall–Kier alpha value is -1.27. The molecule has 0 saturated carbocycles. The van der Waals surface area contributed by atoms with E-state index in [-0.39, 0.29) is 43.4 Å². The van der Waals surface area contributed by atoms with Crippen molar-refractivity contribution in [2.24, 2.45) is 29.6 Å². The van der Waals surface area contributed by atoms with Gasteiger partial charge >= 0.3 is 5.97 Å². The molecule has 338 valence electrons. The van der Waals surface area contributed by atoms with E-state index < -0.39 is 95.8 Å². The number of aliphatic hydroxyl groups is 5. The lowest BCUT2D eigenvalue weighted by molar-refractivity contribution is -0.318. The van der Waals surface area contributed by atoms with Crippen LogP contribution in [0, 0.1) is 29.6 Å². The summed E-state index contributed by atoms with van der Waals surface area (Å²) >= 11 is 0. The Morgan fingerprint density at radius 3 is 2.19 bits per heavy atom. The highest BCUT2D eigenvalue weighted by atomic mass is 16.7. The minimum absolute atomic E-state index is 0.131. The average molecular weight is 829 g/mol. The fourth-order valence-corrected chi connectivity index (χ4v) is 10.3. The molecule has 0 aromatic heterocycles. The fourth-order valence-electron chi connectivity index (χ4n) is 10.3. The van der Waals surface area contributed by atoms with Crippen LogP contribution in [-0.2, 0) is 33.2 Å². The molecular weight excluding hydrogens is 748 g/mol. The number of allylic oxidation sites excluding steroid dienone is 2. The van der Waals surface area contributed by atoms with Gasteiger partial charge in [-0.1, -0.05) is 39.8 Å². The van der Waals surface area contributed by atoms with Crippen molar-refractivity contribution in [3.05, 3.63) is 12.2 Å². The molecule has 4 aliphatic rings. The quantitative estimate of drug-likeness (QED) is 0.139. The number of nitrogens with one attached hydrogen (secondary N) is 1. The molecule has 4 rings (SSSR count). The van der Waals surface area contributed by atoms with Crippen LogP contribution in [0.4, 0.5) is 0 Å². The van der Waals surface area contributed by atoms with Crippen LogP contribution in [0.2, 0.25) is 0 Å². The summed E-state index contributed by atoms with van der Waals surface area (Å²) in [4.78, 5) is 16.3. The molecule has 3 heterocycles. The van der Waals surface area contributed by atoms with Crippen LogP contribution in [0.1, 0.15) is 114 Å². The number of hydrogen-bond donors (Lipinski definition) is 6. The molecule has 14 nitrogen and oxygen atoms in total. The number of methoxy groups -OCH3 is 1. The normalized spacial score (nSPS) is 49.0. The van der Waals surface area contributed by atoms with Gasteiger partial charge in [-0.05, 0) is 113 Å². The van der Waals surface area contributed by atoms with Crippen molar-refractivity contribution < 1.29 is 58.7 Å². The van der Waals surface area contributed by atoms with Gasteiger partial charge in [0.1, 0.15) is 23.9 Å². The molecule has 0 radical (unpaired) electrons. The van der Waals surface area contributed by atoms with Crippen LogP contribution in [0.3, 0.4) is 0 Å². The zero-order valence-corrected chi connectivity index (χ0v) is 37.7. The third kappa shape index (κ3) is 11.2. The highest BCUT2D eigenvalue weighted by Gasteiger charge is 2.53. The fraction of sp³-hybridized carbons (Fsp3) is 0.932. The van der Waals surface area contributed by atoms with Gasteiger partial charge in [0.2, 0.25) is 0 Å². The highest BCUT2D eigenvalue weighted by molar-refractivity contribution is 5.73. The Labute approximate surface area is 348 Å². The molecule has 1 aliphatic carbocycles. The van der Waals surface area contributed by atoms with E-state index in [9.17, 15) is 30.3 Å². The molecule has 58 heavy (non-hydrogen) atoms. The Morgan fingerprint density at radius 1 is 0.931 bits per heavy atom. The molecule has 3 saturated heterocycles. The van der Waals surface area contributed by atoms with Crippen molar-refractivity contribution in [2.75, 3.05) is 27.7 Å². The van der Waals surface area contributed by atoms with Gasteiger partial charge in [0.25, 0.3) is 0 Å². The van der Waals surface area contributed by atoms with E-state index in [4.69, 9.17) is 28.4 Å². The largest absolute Gasteiger partial charge is 0.459 e. The number of esters is 1. The Morgan fingerprint density at radius 2 is 1.60 bits per heavy atom. The van der Waals surface area contributed by atoms with E-state index >= 15 is 0 Å².